The second kappa shape index (κ2) is 6.88. The molecule has 1 aromatic carbocycles. The molecule has 2 rings (SSSR count). The molecule has 2 aromatic rings. The lowest BCUT2D eigenvalue weighted by molar-refractivity contribution is -0.0505. The smallest absolute Gasteiger partial charge is 0.387 e. The highest BCUT2D eigenvalue weighted by Crippen LogP contribution is 2.31. The highest BCUT2D eigenvalue weighted by atomic mass is 19.3. The molecule has 0 fully saturated rings. The molecule has 1 aromatic heterocycles. The lowest BCUT2D eigenvalue weighted by Gasteiger charge is -2.19. The van der Waals surface area contributed by atoms with Gasteiger partial charge in [0.15, 0.2) is 0 Å². The fraction of sp³-hybridized carbons (Fsp3) is 0.267. The maximum absolute atomic E-state index is 12.4. The summed E-state index contributed by atoms with van der Waals surface area (Å²) in [5.74, 6) is 0.590. The summed E-state index contributed by atoms with van der Waals surface area (Å²) in [5.41, 5.74) is 1.31. The summed E-state index contributed by atoms with van der Waals surface area (Å²) in [6.07, 6.45) is 1.61. The van der Waals surface area contributed by atoms with Crippen molar-refractivity contribution in [3.8, 4) is 11.6 Å². The van der Waals surface area contributed by atoms with Crippen LogP contribution in [0.5, 0.6) is 11.6 Å². The van der Waals surface area contributed by atoms with Crippen molar-refractivity contribution in [2.75, 3.05) is 12.4 Å². The van der Waals surface area contributed by atoms with Gasteiger partial charge in [-0.05, 0) is 25.1 Å². The van der Waals surface area contributed by atoms with Crippen molar-refractivity contribution in [1.29, 1.82) is 0 Å². The Balaban J connectivity index is 2.22. The summed E-state index contributed by atoms with van der Waals surface area (Å²) in [5, 5.41) is 3.18. The lowest BCUT2D eigenvalue weighted by Crippen LogP contribution is -2.11. The number of anilines is 1. The molecule has 0 saturated carbocycles. The van der Waals surface area contributed by atoms with Gasteiger partial charge in [0.05, 0.1) is 18.8 Å². The van der Waals surface area contributed by atoms with Gasteiger partial charge in [0.2, 0.25) is 5.88 Å². The second-order valence-electron chi connectivity index (χ2n) is 4.34. The largest absolute Gasteiger partial charge is 0.480 e. The number of alkyl halides is 2. The monoisotopic (exact) mass is 294 g/mol. The van der Waals surface area contributed by atoms with Gasteiger partial charge in [-0.2, -0.15) is 8.78 Å². The number of hydrogen-bond donors (Lipinski definition) is 1. The van der Waals surface area contributed by atoms with Crippen LogP contribution >= 0.6 is 0 Å². The molecule has 6 heteroatoms. The molecule has 1 unspecified atom stereocenters. The van der Waals surface area contributed by atoms with Crippen LogP contribution in [0.2, 0.25) is 0 Å². The molecule has 1 heterocycles. The zero-order chi connectivity index (χ0) is 15.2. The van der Waals surface area contributed by atoms with Crippen LogP contribution in [0.4, 0.5) is 14.5 Å². The summed E-state index contributed by atoms with van der Waals surface area (Å²) in [6.45, 7) is -1.01. The van der Waals surface area contributed by atoms with Crippen molar-refractivity contribution >= 4 is 5.69 Å². The Morgan fingerprint density at radius 3 is 2.62 bits per heavy atom. The number of methoxy groups -OCH3 is 1. The zero-order valence-corrected chi connectivity index (χ0v) is 11.7. The van der Waals surface area contributed by atoms with E-state index in [1.807, 2.05) is 6.92 Å². The van der Waals surface area contributed by atoms with E-state index in [-0.39, 0.29) is 11.8 Å². The molecule has 0 aliphatic rings. The van der Waals surface area contributed by atoms with E-state index in [1.54, 1.807) is 36.5 Å². The zero-order valence-electron chi connectivity index (χ0n) is 11.7. The quantitative estimate of drug-likeness (QED) is 0.878. The first kappa shape index (κ1) is 15.0. The summed E-state index contributed by atoms with van der Waals surface area (Å²) in [6, 6.07) is 9.99. The predicted octanol–water partition coefficient (Wildman–Crippen LogP) is 3.86. The highest BCUT2D eigenvalue weighted by molar-refractivity contribution is 5.54. The Labute approximate surface area is 121 Å². The van der Waals surface area contributed by atoms with Gasteiger partial charge >= 0.3 is 6.61 Å². The van der Waals surface area contributed by atoms with Crippen LogP contribution in [0.3, 0.4) is 0 Å². The van der Waals surface area contributed by atoms with Crippen molar-refractivity contribution in [3.63, 3.8) is 0 Å². The number of nitrogens with zero attached hydrogens (tertiary/aromatic N) is 1. The average Bonchev–Trinajstić information content (AvgIpc) is 2.47. The number of benzene rings is 1. The van der Waals surface area contributed by atoms with Crippen molar-refractivity contribution < 1.29 is 18.3 Å². The second-order valence-corrected chi connectivity index (χ2v) is 4.34. The fourth-order valence-corrected chi connectivity index (χ4v) is 2.02. The standard InChI is InChI=1S/C15H16F2N2O2/c1-10(19-12-7-5-9-18-14(12)20-2)11-6-3-4-8-13(11)21-15(16)17/h3-10,15,19H,1-2H3. The number of pyridine rings is 1. The van der Waals surface area contributed by atoms with E-state index in [0.29, 0.717) is 17.1 Å². The van der Waals surface area contributed by atoms with E-state index >= 15 is 0 Å². The topological polar surface area (TPSA) is 43.4 Å². The average molecular weight is 294 g/mol. The number of para-hydroxylation sites is 1. The van der Waals surface area contributed by atoms with Gasteiger partial charge in [-0.15, -0.1) is 0 Å². The van der Waals surface area contributed by atoms with Crippen LogP contribution in [-0.2, 0) is 0 Å². The fourth-order valence-electron chi connectivity index (χ4n) is 2.02. The number of ether oxygens (including phenoxy) is 2. The predicted molar refractivity (Wildman–Crippen MR) is 75.9 cm³/mol. The summed E-state index contributed by atoms with van der Waals surface area (Å²) < 4.78 is 34.6. The Bertz CT molecular complexity index is 593. The van der Waals surface area contributed by atoms with Crippen LogP contribution in [-0.4, -0.2) is 18.7 Å². The number of hydrogen-bond acceptors (Lipinski definition) is 4. The number of nitrogens with one attached hydrogen (secondary N) is 1. The van der Waals surface area contributed by atoms with Gasteiger partial charge in [0.1, 0.15) is 5.75 Å². The molecule has 0 amide bonds. The molecule has 0 radical (unpaired) electrons. The third kappa shape index (κ3) is 3.81. The third-order valence-electron chi connectivity index (χ3n) is 2.94. The first-order valence-electron chi connectivity index (χ1n) is 6.41. The lowest BCUT2D eigenvalue weighted by atomic mass is 10.1. The molecule has 21 heavy (non-hydrogen) atoms. The Hall–Kier alpha value is -2.37. The van der Waals surface area contributed by atoms with Gasteiger partial charge in [-0.1, -0.05) is 18.2 Å². The van der Waals surface area contributed by atoms with E-state index < -0.39 is 6.61 Å². The van der Waals surface area contributed by atoms with Gasteiger partial charge < -0.3 is 14.8 Å². The van der Waals surface area contributed by atoms with Crippen molar-refractivity contribution in [1.82, 2.24) is 4.98 Å². The van der Waals surface area contributed by atoms with Gasteiger partial charge in [0, 0.05) is 11.8 Å². The SMILES string of the molecule is COc1ncccc1NC(C)c1ccccc1OC(F)F. The molecule has 0 spiro atoms. The van der Waals surface area contributed by atoms with Crippen molar-refractivity contribution in [2.45, 2.75) is 19.6 Å². The molecular formula is C15H16F2N2O2. The summed E-state index contributed by atoms with van der Waals surface area (Å²) >= 11 is 0. The summed E-state index contributed by atoms with van der Waals surface area (Å²) in [4.78, 5) is 4.08. The Morgan fingerprint density at radius 1 is 1.14 bits per heavy atom. The maximum Gasteiger partial charge on any atom is 0.387 e. The Kier molecular flexibility index (Phi) is 4.92. The molecule has 0 saturated heterocycles. The van der Waals surface area contributed by atoms with E-state index in [9.17, 15) is 8.78 Å². The molecule has 4 nitrogen and oxygen atoms in total. The minimum absolute atomic E-state index is 0.148. The van der Waals surface area contributed by atoms with E-state index in [0.717, 1.165) is 0 Å². The van der Waals surface area contributed by atoms with E-state index in [1.165, 1.54) is 13.2 Å². The maximum atomic E-state index is 12.4. The molecule has 0 bridgehead atoms. The highest BCUT2D eigenvalue weighted by Gasteiger charge is 2.15. The van der Waals surface area contributed by atoms with Crippen LogP contribution in [0, 0.1) is 0 Å². The van der Waals surface area contributed by atoms with Crippen LogP contribution in [0.25, 0.3) is 0 Å². The number of rotatable bonds is 6. The van der Waals surface area contributed by atoms with Crippen molar-refractivity contribution in [2.24, 2.45) is 0 Å². The minimum atomic E-state index is -2.86. The molecular weight excluding hydrogens is 278 g/mol. The van der Waals surface area contributed by atoms with E-state index in [4.69, 9.17) is 4.74 Å². The van der Waals surface area contributed by atoms with Crippen LogP contribution < -0.4 is 14.8 Å². The molecule has 0 aliphatic carbocycles. The van der Waals surface area contributed by atoms with Crippen LogP contribution in [0.15, 0.2) is 42.6 Å². The molecule has 1 atom stereocenters. The summed E-state index contributed by atoms with van der Waals surface area (Å²) in [7, 11) is 1.52. The van der Waals surface area contributed by atoms with Gasteiger partial charge in [-0.3, -0.25) is 0 Å². The number of aromatic nitrogens is 1. The third-order valence-corrected chi connectivity index (χ3v) is 2.94. The first-order chi connectivity index (χ1) is 10.1. The molecule has 112 valence electrons. The first-order valence-corrected chi connectivity index (χ1v) is 6.41. The molecule has 1 N–H and O–H groups in total. The van der Waals surface area contributed by atoms with Gasteiger partial charge in [0.25, 0.3) is 0 Å². The van der Waals surface area contributed by atoms with Gasteiger partial charge in [-0.25, -0.2) is 4.98 Å². The normalized spacial score (nSPS) is 12.0. The van der Waals surface area contributed by atoms with Crippen molar-refractivity contribution in [3.05, 3.63) is 48.2 Å². The van der Waals surface area contributed by atoms with E-state index in [2.05, 4.69) is 15.0 Å². The van der Waals surface area contributed by atoms with Crippen LogP contribution in [0.1, 0.15) is 18.5 Å². The minimum Gasteiger partial charge on any atom is -0.480 e. The molecule has 0 aliphatic heterocycles. The number of halogens is 2. The Morgan fingerprint density at radius 2 is 1.90 bits per heavy atom.